The van der Waals surface area contributed by atoms with Crippen LogP contribution in [0.5, 0.6) is 0 Å². The molecule has 0 spiro atoms. The average molecular weight is 310 g/mol. The van der Waals surface area contributed by atoms with Crippen LogP contribution in [0.4, 0.5) is 0 Å². The molecule has 0 radical (unpaired) electrons. The molecule has 0 heterocycles. The maximum Gasteiger partial charge on any atom is 0.169 e. The Morgan fingerprint density at radius 3 is 2.65 bits per heavy atom. The number of nitrogens with zero attached hydrogens (tertiary/aromatic N) is 1. The molecule has 0 amide bonds. The van der Waals surface area contributed by atoms with Crippen molar-refractivity contribution in [3.63, 3.8) is 0 Å². The predicted octanol–water partition coefficient (Wildman–Crippen LogP) is 3.27. The fraction of sp³-hybridized carbons (Fsp3) is 0.0833. The molecule has 2 rings (SSSR count). The van der Waals surface area contributed by atoms with Gasteiger partial charge in [0.25, 0.3) is 0 Å². The quantitative estimate of drug-likeness (QED) is 0.837. The van der Waals surface area contributed by atoms with E-state index in [0.717, 1.165) is 20.8 Å². The van der Waals surface area contributed by atoms with Crippen molar-refractivity contribution >= 4 is 35.1 Å². The Morgan fingerprint density at radius 1 is 1.24 bits per heavy atom. The fourth-order valence-corrected chi connectivity index (χ4v) is 2.84. The molecule has 0 fully saturated rings. The summed E-state index contributed by atoms with van der Waals surface area (Å²) in [5.74, 6) is 0. The standard InChI is InChI=1S/C12H9BrNO2P/c13-12-5-9(7-17(15)16)3-10-2-1-8(6-14)4-11(10)12/h1-5,15-16H,7H2. The zero-order valence-corrected chi connectivity index (χ0v) is 11.2. The summed E-state index contributed by atoms with van der Waals surface area (Å²) >= 11 is 3.44. The van der Waals surface area contributed by atoms with Gasteiger partial charge in [-0.3, -0.25) is 0 Å². The van der Waals surface area contributed by atoms with Crippen molar-refractivity contribution in [1.82, 2.24) is 0 Å². The largest absolute Gasteiger partial charge is 0.350 e. The van der Waals surface area contributed by atoms with Gasteiger partial charge in [-0.2, -0.15) is 5.26 Å². The zero-order chi connectivity index (χ0) is 12.4. The summed E-state index contributed by atoms with van der Waals surface area (Å²) in [7, 11) is -1.93. The van der Waals surface area contributed by atoms with Crippen LogP contribution in [0, 0.1) is 11.3 Å². The fourth-order valence-electron chi connectivity index (χ4n) is 1.70. The summed E-state index contributed by atoms with van der Waals surface area (Å²) in [4.78, 5) is 18.0. The van der Waals surface area contributed by atoms with Crippen LogP contribution >= 0.6 is 24.3 Å². The molecule has 0 aliphatic rings. The SMILES string of the molecule is N#Cc1ccc2cc(CP(O)O)cc(Br)c2c1. The summed E-state index contributed by atoms with van der Waals surface area (Å²) < 4.78 is 0.860. The van der Waals surface area contributed by atoms with Crippen LogP contribution in [0.15, 0.2) is 34.8 Å². The number of rotatable bonds is 2. The van der Waals surface area contributed by atoms with Crippen LogP contribution in [-0.4, -0.2) is 9.79 Å². The van der Waals surface area contributed by atoms with Gasteiger partial charge in [-0.05, 0) is 34.5 Å². The van der Waals surface area contributed by atoms with Crippen molar-refractivity contribution in [2.45, 2.75) is 6.16 Å². The Balaban J connectivity index is 2.56. The number of hydrogen-bond acceptors (Lipinski definition) is 3. The highest BCUT2D eigenvalue weighted by Crippen LogP contribution is 2.33. The topological polar surface area (TPSA) is 64.2 Å². The van der Waals surface area contributed by atoms with Crippen molar-refractivity contribution in [3.8, 4) is 6.07 Å². The highest BCUT2D eigenvalue weighted by atomic mass is 79.9. The molecule has 0 atom stereocenters. The Bertz CT molecular complexity index is 607. The molecule has 3 nitrogen and oxygen atoms in total. The third-order valence-electron chi connectivity index (χ3n) is 2.42. The molecular formula is C12H9BrNO2P. The van der Waals surface area contributed by atoms with Crippen molar-refractivity contribution in [3.05, 3.63) is 45.9 Å². The van der Waals surface area contributed by atoms with Crippen molar-refractivity contribution in [2.75, 3.05) is 0 Å². The minimum atomic E-state index is -1.93. The van der Waals surface area contributed by atoms with Crippen LogP contribution in [0.1, 0.15) is 11.1 Å². The number of halogens is 1. The normalized spacial score (nSPS) is 10.8. The predicted molar refractivity (Wildman–Crippen MR) is 71.4 cm³/mol. The third kappa shape index (κ3) is 2.83. The molecule has 0 aliphatic carbocycles. The van der Waals surface area contributed by atoms with Gasteiger partial charge in [-0.1, -0.05) is 28.1 Å². The van der Waals surface area contributed by atoms with Gasteiger partial charge in [0.15, 0.2) is 8.38 Å². The van der Waals surface area contributed by atoms with Gasteiger partial charge in [0.1, 0.15) is 0 Å². The lowest BCUT2D eigenvalue weighted by molar-refractivity contribution is 0.481. The monoisotopic (exact) mass is 309 g/mol. The molecular weight excluding hydrogens is 301 g/mol. The van der Waals surface area contributed by atoms with Crippen LogP contribution in [-0.2, 0) is 6.16 Å². The highest BCUT2D eigenvalue weighted by Gasteiger charge is 2.06. The van der Waals surface area contributed by atoms with E-state index in [4.69, 9.17) is 15.0 Å². The maximum absolute atomic E-state index is 9.01. The van der Waals surface area contributed by atoms with Crippen LogP contribution in [0.2, 0.25) is 0 Å². The van der Waals surface area contributed by atoms with E-state index >= 15 is 0 Å². The van der Waals surface area contributed by atoms with E-state index < -0.39 is 8.38 Å². The average Bonchev–Trinajstić information content (AvgIpc) is 2.28. The zero-order valence-electron chi connectivity index (χ0n) is 8.76. The van der Waals surface area contributed by atoms with Gasteiger partial charge in [-0.25, -0.2) is 0 Å². The molecule has 0 aromatic heterocycles. The first-order valence-corrected chi connectivity index (χ1v) is 7.10. The van der Waals surface area contributed by atoms with Crippen LogP contribution < -0.4 is 0 Å². The first-order valence-electron chi connectivity index (χ1n) is 4.88. The first-order chi connectivity index (χ1) is 8.10. The molecule has 2 aromatic carbocycles. The van der Waals surface area contributed by atoms with E-state index in [0.29, 0.717) is 5.56 Å². The molecule has 5 heteroatoms. The van der Waals surface area contributed by atoms with Crippen molar-refractivity contribution < 1.29 is 9.79 Å². The minimum Gasteiger partial charge on any atom is -0.350 e. The Kier molecular flexibility index (Phi) is 3.76. The van der Waals surface area contributed by atoms with Gasteiger partial charge < -0.3 is 9.79 Å². The second-order valence-electron chi connectivity index (χ2n) is 3.66. The lowest BCUT2D eigenvalue weighted by Crippen LogP contribution is -1.86. The molecule has 2 aromatic rings. The second kappa shape index (κ2) is 5.12. The molecule has 2 N–H and O–H groups in total. The van der Waals surface area contributed by atoms with E-state index in [2.05, 4.69) is 22.0 Å². The van der Waals surface area contributed by atoms with E-state index in [9.17, 15) is 0 Å². The Hall–Kier alpha value is -0.980. The first kappa shape index (κ1) is 12.5. The maximum atomic E-state index is 9.01. The lowest BCUT2D eigenvalue weighted by Gasteiger charge is -2.07. The second-order valence-corrected chi connectivity index (χ2v) is 5.57. The van der Waals surface area contributed by atoms with Crippen molar-refractivity contribution in [1.29, 1.82) is 5.26 Å². The summed E-state index contributed by atoms with van der Waals surface area (Å²) in [5.41, 5.74) is 1.47. The molecule has 17 heavy (non-hydrogen) atoms. The summed E-state index contributed by atoms with van der Waals surface area (Å²) in [6.45, 7) is 0. The molecule has 86 valence electrons. The highest BCUT2D eigenvalue weighted by molar-refractivity contribution is 9.10. The van der Waals surface area contributed by atoms with Gasteiger partial charge in [0.05, 0.1) is 11.6 Å². The Labute approximate surface area is 108 Å². The number of benzene rings is 2. The van der Waals surface area contributed by atoms with E-state index in [1.165, 1.54) is 0 Å². The van der Waals surface area contributed by atoms with Crippen LogP contribution in [0.3, 0.4) is 0 Å². The van der Waals surface area contributed by atoms with Crippen molar-refractivity contribution in [2.24, 2.45) is 0 Å². The Morgan fingerprint density at radius 2 is 2.00 bits per heavy atom. The van der Waals surface area contributed by atoms with E-state index in [1.54, 1.807) is 6.07 Å². The summed E-state index contributed by atoms with van der Waals surface area (Å²) in [6.07, 6.45) is 0.254. The molecule has 0 saturated carbocycles. The minimum absolute atomic E-state index is 0.254. The third-order valence-corrected chi connectivity index (χ3v) is 3.72. The summed E-state index contributed by atoms with van der Waals surface area (Å²) in [6, 6.07) is 11.3. The van der Waals surface area contributed by atoms with E-state index in [-0.39, 0.29) is 6.16 Å². The smallest absolute Gasteiger partial charge is 0.169 e. The lowest BCUT2D eigenvalue weighted by atomic mass is 10.1. The number of nitriles is 1. The molecule has 0 aliphatic heterocycles. The summed E-state index contributed by atoms with van der Waals surface area (Å²) in [5, 5.41) is 10.8. The number of hydrogen-bond donors (Lipinski definition) is 2. The van der Waals surface area contributed by atoms with Gasteiger partial charge in [0.2, 0.25) is 0 Å². The van der Waals surface area contributed by atoms with Gasteiger partial charge >= 0.3 is 0 Å². The van der Waals surface area contributed by atoms with E-state index in [1.807, 2.05) is 24.3 Å². The van der Waals surface area contributed by atoms with Gasteiger partial charge in [-0.15, -0.1) is 0 Å². The molecule has 0 bridgehead atoms. The van der Waals surface area contributed by atoms with Crippen LogP contribution in [0.25, 0.3) is 10.8 Å². The molecule has 0 saturated heterocycles. The molecule has 0 unspecified atom stereocenters. The van der Waals surface area contributed by atoms with Gasteiger partial charge in [0, 0.05) is 10.6 Å². The number of fused-ring (bicyclic) bond motifs is 1.